The molecule has 0 saturated heterocycles. The Kier molecular flexibility index (Phi) is 7.60. The van der Waals surface area contributed by atoms with E-state index in [4.69, 9.17) is 13.6 Å². The minimum Gasteiger partial charge on any atom is -0.287 e. The normalized spacial score (nSPS) is 19.5. The van der Waals surface area contributed by atoms with Crippen LogP contribution in [0.3, 0.4) is 0 Å². The summed E-state index contributed by atoms with van der Waals surface area (Å²) in [4.78, 5) is 0. The van der Waals surface area contributed by atoms with Gasteiger partial charge in [0.2, 0.25) is 0 Å². The lowest BCUT2D eigenvalue weighted by atomic mass is 9.81. The first-order chi connectivity index (χ1) is 9.10. The van der Waals surface area contributed by atoms with Crippen LogP contribution >= 0.6 is 7.82 Å². The van der Waals surface area contributed by atoms with Crippen molar-refractivity contribution < 1.29 is 18.1 Å². The molecule has 1 saturated carbocycles. The van der Waals surface area contributed by atoms with Crippen LogP contribution in [0.4, 0.5) is 0 Å². The van der Waals surface area contributed by atoms with E-state index >= 15 is 0 Å². The maximum absolute atomic E-state index is 12.6. The zero-order valence-electron chi connectivity index (χ0n) is 12.7. The fraction of sp³-hybridized carbons (Fsp3) is 1.00. The minimum atomic E-state index is -3.39. The molecule has 0 radical (unpaired) electrons. The van der Waals surface area contributed by atoms with E-state index in [0.29, 0.717) is 13.2 Å². The van der Waals surface area contributed by atoms with E-state index in [0.717, 1.165) is 44.9 Å². The first kappa shape index (κ1) is 17.2. The topological polar surface area (TPSA) is 44.8 Å². The van der Waals surface area contributed by atoms with Gasteiger partial charge in [-0.15, -0.1) is 0 Å². The summed E-state index contributed by atoms with van der Waals surface area (Å²) in [6.07, 6.45) is 8.63. The Labute approximate surface area is 117 Å². The van der Waals surface area contributed by atoms with E-state index < -0.39 is 7.82 Å². The molecule has 0 unspecified atom stereocenters. The van der Waals surface area contributed by atoms with Crippen molar-refractivity contribution in [3.63, 3.8) is 0 Å². The summed E-state index contributed by atoms with van der Waals surface area (Å²) in [7, 11) is -3.39. The SMILES string of the molecule is CCCCC1(OP(=O)(OCC)OCC)CCCCC1. The van der Waals surface area contributed by atoms with E-state index in [2.05, 4.69) is 6.92 Å². The van der Waals surface area contributed by atoms with Crippen molar-refractivity contribution in [2.24, 2.45) is 0 Å². The monoisotopic (exact) mass is 292 g/mol. The van der Waals surface area contributed by atoms with Gasteiger partial charge in [-0.25, -0.2) is 4.57 Å². The molecule has 5 heteroatoms. The quantitative estimate of drug-likeness (QED) is 0.556. The predicted octanol–water partition coefficient (Wildman–Crippen LogP) is 5.08. The van der Waals surface area contributed by atoms with Crippen LogP contribution in [0.1, 0.15) is 72.1 Å². The van der Waals surface area contributed by atoms with Crippen molar-refractivity contribution in [2.75, 3.05) is 13.2 Å². The molecule has 0 aliphatic heterocycles. The average Bonchev–Trinajstić information content (AvgIpc) is 2.38. The number of phosphoric ester groups is 1. The maximum atomic E-state index is 12.6. The second-order valence-corrected chi connectivity index (χ2v) is 6.81. The lowest BCUT2D eigenvalue weighted by Gasteiger charge is -2.38. The molecule has 0 aromatic heterocycles. The number of rotatable bonds is 9. The summed E-state index contributed by atoms with van der Waals surface area (Å²) >= 11 is 0. The first-order valence-corrected chi connectivity index (χ1v) is 9.15. The van der Waals surface area contributed by atoms with Gasteiger partial charge in [0.25, 0.3) is 0 Å². The summed E-state index contributed by atoms with van der Waals surface area (Å²) in [6, 6.07) is 0. The van der Waals surface area contributed by atoms with Gasteiger partial charge in [-0.1, -0.05) is 39.0 Å². The van der Waals surface area contributed by atoms with Crippen molar-refractivity contribution in [2.45, 2.75) is 77.7 Å². The maximum Gasteiger partial charge on any atom is 0.475 e. The zero-order chi connectivity index (χ0) is 14.2. The number of hydrogen-bond acceptors (Lipinski definition) is 4. The Bertz CT molecular complexity index is 277. The molecule has 0 bridgehead atoms. The highest BCUT2D eigenvalue weighted by molar-refractivity contribution is 7.48. The third-order valence-corrected chi connectivity index (χ3v) is 5.39. The summed E-state index contributed by atoms with van der Waals surface area (Å²) in [5.74, 6) is 0. The van der Waals surface area contributed by atoms with E-state index in [1.807, 2.05) is 13.8 Å². The van der Waals surface area contributed by atoms with E-state index in [9.17, 15) is 4.57 Å². The molecular formula is C14H29O4P. The van der Waals surface area contributed by atoms with Crippen LogP contribution in [-0.4, -0.2) is 18.8 Å². The molecule has 0 amide bonds. The standard InChI is InChI=1S/C14H29O4P/c1-4-7-11-14(12-9-8-10-13-14)18-19(15,16-5-2)17-6-3/h4-13H2,1-3H3. The van der Waals surface area contributed by atoms with Gasteiger partial charge in [0.15, 0.2) is 0 Å². The number of hydrogen-bond donors (Lipinski definition) is 0. The van der Waals surface area contributed by atoms with Crippen LogP contribution < -0.4 is 0 Å². The molecule has 0 aromatic rings. The van der Waals surface area contributed by atoms with Crippen LogP contribution in [-0.2, 0) is 18.1 Å². The molecule has 0 N–H and O–H groups in total. The lowest BCUT2D eigenvalue weighted by Crippen LogP contribution is -2.34. The van der Waals surface area contributed by atoms with Crippen molar-refractivity contribution in [1.29, 1.82) is 0 Å². The Morgan fingerprint density at radius 1 is 1.00 bits per heavy atom. The highest BCUT2D eigenvalue weighted by Crippen LogP contribution is 2.56. The molecule has 0 heterocycles. The molecule has 1 aliphatic carbocycles. The van der Waals surface area contributed by atoms with Crippen LogP contribution in [0.5, 0.6) is 0 Å². The fourth-order valence-corrected chi connectivity index (χ4v) is 4.29. The molecule has 19 heavy (non-hydrogen) atoms. The molecule has 1 fully saturated rings. The molecule has 4 nitrogen and oxygen atoms in total. The highest BCUT2D eigenvalue weighted by Gasteiger charge is 2.41. The highest BCUT2D eigenvalue weighted by atomic mass is 31.2. The number of phosphoric acid groups is 1. The van der Waals surface area contributed by atoms with Gasteiger partial charge < -0.3 is 0 Å². The Morgan fingerprint density at radius 2 is 1.58 bits per heavy atom. The van der Waals surface area contributed by atoms with Gasteiger partial charge in [0.05, 0.1) is 18.8 Å². The molecule has 1 rings (SSSR count). The van der Waals surface area contributed by atoms with Crippen molar-refractivity contribution >= 4 is 7.82 Å². The minimum absolute atomic E-state index is 0.297. The molecule has 0 atom stereocenters. The Balaban J connectivity index is 2.75. The van der Waals surface area contributed by atoms with E-state index in [-0.39, 0.29) is 5.60 Å². The van der Waals surface area contributed by atoms with Gasteiger partial charge in [0.1, 0.15) is 0 Å². The third-order valence-electron chi connectivity index (χ3n) is 3.63. The van der Waals surface area contributed by atoms with E-state index in [1.165, 1.54) is 6.42 Å². The number of unbranched alkanes of at least 4 members (excludes halogenated alkanes) is 1. The summed E-state index contributed by atoms with van der Waals surface area (Å²) in [5.41, 5.74) is -0.297. The third kappa shape index (κ3) is 5.55. The largest absolute Gasteiger partial charge is 0.475 e. The summed E-state index contributed by atoms with van der Waals surface area (Å²) in [6.45, 7) is 6.49. The van der Waals surface area contributed by atoms with Gasteiger partial charge in [-0.2, -0.15) is 0 Å². The second kappa shape index (κ2) is 8.41. The fourth-order valence-electron chi connectivity index (χ4n) is 2.73. The van der Waals surface area contributed by atoms with Gasteiger partial charge in [-0.3, -0.25) is 13.6 Å². The summed E-state index contributed by atoms with van der Waals surface area (Å²) < 4.78 is 29.1. The van der Waals surface area contributed by atoms with Crippen molar-refractivity contribution in [3.05, 3.63) is 0 Å². The molecule has 0 spiro atoms. The Hall–Kier alpha value is 0.110. The zero-order valence-corrected chi connectivity index (χ0v) is 13.5. The van der Waals surface area contributed by atoms with Crippen LogP contribution in [0.25, 0.3) is 0 Å². The van der Waals surface area contributed by atoms with E-state index in [1.54, 1.807) is 0 Å². The summed E-state index contributed by atoms with van der Waals surface area (Å²) in [5, 5.41) is 0. The predicted molar refractivity (Wildman–Crippen MR) is 77.3 cm³/mol. The molecular weight excluding hydrogens is 263 g/mol. The van der Waals surface area contributed by atoms with Crippen molar-refractivity contribution in [1.82, 2.24) is 0 Å². The smallest absolute Gasteiger partial charge is 0.287 e. The van der Waals surface area contributed by atoms with Gasteiger partial charge in [-0.05, 0) is 33.1 Å². The van der Waals surface area contributed by atoms with Gasteiger partial charge in [0, 0.05) is 0 Å². The first-order valence-electron chi connectivity index (χ1n) is 7.69. The van der Waals surface area contributed by atoms with Crippen LogP contribution in [0, 0.1) is 0 Å². The van der Waals surface area contributed by atoms with Gasteiger partial charge >= 0.3 is 7.82 Å². The lowest BCUT2D eigenvalue weighted by molar-refractivity contribution is -0.0211. The Morgan fingerprint density at radius 3 is 2.05 bits per heavy atom. The molecule has 1 aliphatic rings. The van der Waals surface area contributed by atoms with Crippen LogP contribution in [0.2, 0.25) is 0 Å². The van der Waals surface area contributed by atoms with Crippen molar-refractivity contribution in [3.8, 4) is 0 Å². The molecule has 114 valence electrons. The second-order valence-electron chi connectivity index (χ2n) is 5.22. The average molecular weight is 292 g/mol. The van der Waals surface area contributed by atoms with Crippen LogP contribution in [0.15, 0.2) is 0 Å². The molecule has 0 aromatic carbocycles.